The lowest BCUT2D eigenvalue weighted by molar-refractivity contribution is 0.102. The highest BCUT2D eigenvalue weighted by molar-refractivity contribution is 6.07. The van der Waals surface area contributed by atoms with Crippen LogP contribution in [0.5, 0.6) is 5.75 Å². The number of aryl methyl sites for hydroxylation is 2. The largest absolute Gasteiger partial charge is 0.497 e. The molecule has 0 radical (unpaired) electrons. The quantitative estimate of drug-likeness (QED) is 0.369. The number of ether oxygens (including phenoxy) is 1. The summed E-state index contributed by atoms with van der Waals surface area (Å²) in [5.74, 6) is 0.974. The summed E-state index contributed by atoms with van der Waals surface area (Å²) in [5.41, 5.74) is 12.5. The van der Waals surface area contributed by atoms with Gasteiger partial charge in [0.25, 0.3) is 11.9 Å². The van der Waals surface area contributed by atoms with Crippen LogP contribution in [0.1, 0.15) is 27.0 Å². The Hall–Kier alpha value is -4.28. The SMILES string of the molecule is COc1ccc2c(c1)CCc1cnc(-n3cc(C(=O)Nc4ccc(CCN5CCN(C)CC5)cc4)c(N)n3)nc1-2. The molecular weight excluding hydrogens is 504 g/mol. The van der Waals surface area contributed by atoms with Crippen molar-refractivity contribution >= 4 is 17.4 Å². The second-order valence-corrected chi connectivity index (χ2v) is 10.5. The fourth-order valence-electron chi connectivity index (χ4n) is 5.30. The Morgan fingerprint density at radius 3 is 2.60 bits per heavy atom. The van der Waals surface area contributed by atoms with E-state index in [-0.39, 0.29) is 17.3 Å². The molecule has 10 heteroatoms. The summed E-state index contributed by atoms with van der Waals surface area (Å²) in [6.07, 6.45) is 6.14. The van der Waals surface area contributed by atoms with Gasteiger partial charge in [0.15, 0.2) is 5.82 Å². The number of rotatable bonds is 7. The third-order valence-corrected chi connectivity index (χ3v) is 7.80. The minimum atomic E-state index is -0.329. The third kappa shape index (κ3) is 5.41. The van der Waals surface area contributed by atoms with Crippen molar-refractivity contribution in [2.45, 2.75) is 19.3 Å². The summed E-state index contributed by atoms with van der Waals surface area (Å²) in [6, 6.07) is 14.0. The van der Waals surface area contributed by atoms with E-state index in [0.29, 0.717) is 11.6 Å². The lowest BCUT2D eigenvalue weighted by Gasteiger charge is -2.32. The number of anilines is 2. The molecule has 0 bridgehead atoms. The Morgan fingerprint density at radius 2 is 1.82 bits per heavy atom. The molecule has 0 saturated carbocycles. The predicted octanol–water partition coefficient (Wildman–Crippen LogP) is 3.06. The lowest BCUT2D eigenvalue weighted by atomic mass is 9.90. The van der Waals surface area contributed by atoms with Crippen LogP contribution in [0, 0.1) is 0 Å². The zero-order chi connectivity index (χ0) is 27.6. The van der Waals surface area contributed by atoms with Gasteiger partial charge < -0.3 is 25.6 Å². The number of carbonyl (C=O) groups is 1. The number of benzene rings is 2. The second kappa shape index (κ2) is 11.1. The van der Waals surface area contributed by atoms with E-state index in [1.165, 1.54) is 15.8 Å². The maximum absolute atomic E-state index is 13.1. The minimum Gasteiger partial charge on any atom is -0.497 e. The molecular formula is C30H34N8O2. The predicted molar refractivity (Wildman–Crippen MR) is 155 cm³/mol. The van der Waals surface area contributed by atoms with Crippen molar-refractivity contribution in [3.63, 3.8) is 0 Å². The molecule has 4 aromatic rings. The summed E-state index contributed by atoms with van der Waals surface area (Å²) in [4.78, 5) is 27.2. The molecule has 1 amide bonds. The first-order chi connectivity index (χ1) is 19.5. The Bertz CT molecular complexity index is 1520. The van der Waals surface area contributed by atoms with Crippen molar-refractivity contribution in [1.29, 1.82) is 0 Å². The van der Waals surface area contributed by atoms with Crippen LogP contribution in [0.4, 0.5) is 11.5 Å². The number of nitrogens with one attached hydrogen (secondary N) is 1. The smallest absolute Gasteiger partial charge is 0.261 e. The molecule has 3 N–H and O–H groups in total. The third-order valence-electron chi connectivity index (χ3n) is 7.80. The number of methoxy groups -OCH3 is 1. The van der Waals surface area contributed by atoms with Gasteiger partial charge in [-0.25, -0.2) is 14.6 Å². The van der Waals surface area contributed by atoms with E-state index in [1.807, 2.05) is 30.5 Å². The van der Waals surface area contributed by atoms with Crippen molar-refractivity contribution < 1.29 is 9.53 Å². The standard InChI is InChI=1S/C30H34N8O2/c1-36-13-15-37(16-14-36)12-11-20-3-7-23(8-4-20)33-29(39)26-19-38(35-28(26)31)30-32-18-22-6-5-21-17-24(40-2)9-10-25(21)27(22)34-30/h3-4,7-10,17-19H,5-6,11-16H2,1-2H3,(H2,31,35)(H,33,39). The first-order valence-corrected chi connectivity index (χ1v) is 13.7. The molecule has 0 unspecified atom stereocenters. The van der Waals surface area contributed by atoms with Gasteiger partial charge >= 0.3 is 0 Å². The van der Waals surface area contributed by atoms with Gasteiger partial charge in [-0.3, -0.25) is 4.79 Å². The molecule has 3 heterocycles. The van der Waals surface area contributed by atoms with Crippen molar-refractivity contribution in [3.05, 3.63) is 77.1 Å². The highest BCUT2D eigenvalue weighted by Gasteiger charge is 2.22. The molecule has 206 valence electrons. The zero-order valence-electron chi connectivity index (χ0n) is 22.9. The van der Waals surface area contributed by atoms with Gasteiger partial charge in [-0.05, 0) is 73.3 Å². The first-order valence-electron chi connectivity index (χ1n) is 13.7. The number of carbonyl (C=O) groups excluding carboxylic acids is 1. The maximum atomic E-state index is 13.1. The normalized spacial score (nSPS) is 15.3. The summed E-state index contributed by atoms with van der Waals surface area (Å²) in [6.45, 7) is 5.50. The van der Waals surface area contributed by atoms with Crippen LogP contribution in [0.15, 0.2) is 54.9 Å². The Balaban J connectivity index is 1.13. The molecule has 1 fully saturated rings. The van der Waals surface area contributed by atoms with E-state index in [4.69, 9.17) is 15.5 Å². The van der Waals surface area contributed by atoms with Crippen LogP contribution in [0.25, 0.3) is 17.2 Å². The van der Waals surface area contributed by atoms with Crippen LogP contribution in [0.3, 0.4) is 0 Å². The molecule has 6 rings (SSSR count). The Labute approximate surface area is 233 Å². The molecule has 1 saturated heterocycles. The van der Waals surface area contributed by atoms with Crippen molar-refractivity contribution in [2.75, 3.05) is 57.9 Å². The van der Waals surface area contributed by atoms with Gasteiger partial charge in [0.2, 0.25) is 0 Å². The molecule has 10 nitrogen and oxygen atoms in total. The van der Waals surface area contributed by atoms with Crippen LogP contribution < -0.4 is 15.8 Å². The molecule has 40 heavy (non-hydrogen) atoms. The van der Waals surface area contributed by atoms with Crippen molar-refractivity contribution in [2.24, 2.45) is 0 Å². The number of nitrogens with two attached hydrogens (primary N) is 1. The number of nitrogen functional groups attached to an aromatic ring is 1. The van der Waals surface area contributed by atoms with Gasteiger partial charge in [-0.1, -0.05) is 12.1 Å². The molecule has 2 aromatic heterocycles. The number of amides is 1. The molecule has 2 aliphatic rings. The van der Waals surface area contributed by atoms with Gasteiger partial charge in [-0.15, -0.1) is 5.10 Å². The Morgan fingerprint density at radius 1 is 1.05 bits per heavy atom. The minimum absolute atomic E-state index is 0.118. The number of aromatic nitrogens is 4. The van der Waals surface area contributed by atoms with E-state index in [9.17, 15) is 4.79 Å². The second-order valence-electron chi connectivity index (χ2n) is 10.5. The van der Waals surface area contributed by atoms with Gasteiger partial charge in [0.05, 0.1) is 12.8 Å². The number of hydrogen-bond acceptors (Lipinski definition) is 8. The monoisotopic (exact) mass is 538 g/mol. The maximum Gasteiger partial charge on any atom is 0.261 e. The average molecular weight is 539 g/mol. The molecule has 0 spiro atoms. The number of nitrogens with zero attached hydrogens (tertiary/aromatic N) is 6. The number of likely N-dealkylation sites (N-methyl/N-ethyl adjacent to an activating group) is 1. The highest BCUT2D eigenvalue weighted by Crippen LogP contribution is 2.34. The van der Waals surface area contributed by atoms with E-state index in [1.54, 1.807) is 13.3 Å². The van der Waals surface area contributed by atoms with Gasteiger partial charge in [0, 0.05) is 56.4 Å². The number of hydrogen-bond donors (Lipinski definition) is 2. The number of fused-ring (bicyclic) bond motifs is 3. The molecule has 1 aliphatic carbocycles. The average Bonchev–Trinajstić information content (AvgIpc) is 3.38. The summed E-state index contributed by atoms with van der Waals surface area (Å²) >= 11 is 0. The molecule has 1 aliphatic heterocycles. The summed E-state index contributed by atoms with van der Waals surface area (Å²) in [7, 11) is 3.84. The van der Waals surface area contributed by atoms with Crippen molar-refractivity contribution in [1.82, 2.24) is 29.5 Å². The van der Waals surface area contributed by atoms with E-state index >= 15 is 0 Å². The first kappa shape index (κ1) is 26.0. The van der Waals surface area contributed by atoms with Gasteiger partial charge in [0.1, 0.15) is 11.3 Å². The van der Waals surface area contributed by atoms with Gasteiger partial charge in [-0.2, -0.15) is 0 Å². The van der Waals surface area contributed by atoms with E-state index in [2.05, 4.69) is 50.4 Å². The molecule has 2 aromatic carbocycles. The summed E-state index contributed by atoms with van der Waals surface area (Å²) in [5, 5.41) is 7.28. The summed E-state index contributed by atoms with van der Waals surface area (Å²) < 4.78 is 6.85. The fourth-order valence-corrected chi connectivity index (χ4v) is 5.30. The fraction of sp³-hybridized carbons (Fsp3) is 0.333. The topological polar surface area (TPSA) is 114 Å². The lowest BCUT2D eigenvalue weighted by Crippen LogP contribution is -2.45. The van der Waals surface area contributed by atoms with E-state index in [0.717, 1.165) is 74.6 Å². The number of piperazine rings is 1. The van der Waals surface area contributed by atoms with Crippen LogP contribution in [-0.4, -0.2) is 82.3 Å². The Kier molecular flexibility index (Phi) is 7.19. The van der Waals surface area contributed by atoms with E-state index < -0.39 is 0 Å². The molecule has 0 atom stereocenters. The van der Waals surface area contributed by atoms with Crippen LogP contribution >= 0.6 is 0 Å². The highest BCUT2D eigenvalue weighted by atomic mass is 16.5. The van der Waals surface area contributed by atoms with Crippen LogP contribution in [0.2, 0.25) is 0 Å². The van der Waals surface area contributed by atoms with Crippen molar-refractivity contribution in [3.8, 4) is 23.0 Å². The van der Waals surface area contributed by atoms with Crippen LogP contribution in [-0.2, 0) is 19.3 Å². The zero-order valence-corrected chi connectivity index (χ0v) is 22.9.